The molecule has 3 rings (SSSR count). The third-order valence-corrected chi connectivity index (χ3v) is 4.38. The third kappa shape index (κ3) is 3.73. The van der Waals surface area contributed by atoms with Gasteiger partial charge in [0.1, 0.15) is 11.5 Å². The Balaban J connectivity index is 1.69. The van der Waals surface area contributed by atoms with E-state index in [0.29, 0.717) is 12.5 Å². The number of nitrogens with one attached hydrogen (secondary N) is 1. The number of aromatic nitrogens is 1. The minimum absolute atomic E-state index is 0.0151. The Hall–Kier alpha value is -2.30. The lowest BCUT2D eigenvalue weighted by Gasteiger charge is -2.37. The molecule has 2 aromatic rings. The molecular formula is C18H23N3O2. The van der Waals surface area contributed by atoms with E-state index < -0.39 is 0 Å². The Bertz CT molecular complexity index is 653. The van der Waals surface area contributed by atoms with Gasteiger partial charge < -0.3 is 14.6 Å². The van der Waals surface area contributed by atoms with Crippen LogP contribution in [0.25, 0.3) is 0 Å². The number of aryl methyl sites for hydroxylation is 1. The molecule has 2 aromatic heterocycles. The predicted octanol–water partition coefficient (Wildman–Crippen LogP) is 3.67. The summed E-state index contributed by atoms with van der Waals surface area (Å²) in [7, 11) is 0. The van der Waals surface area contributed by atoms with Crippen LogP contribution < -0.4 is 5.32 Å². The quantitative estimate of drug-likeness (QED) is 0.940. The average Bonchev–Trinajstić information content (AvgIpc) is 3.00. The van der Waals surface area contributed by atoms with Crippen LogP contribution in [0.4, 0.5) is 4.79 Å². The first-order chi connectivity index (χ1) is 11.1. The number of carbonyl (C=O) groups is 1. The van der Waals surface area contributed by atoms with Crippen LogP contribution in [0, 0.1) is 12.8 Å². The molecule has 1 N–H and O–H groups in total. The molecular weight excluding hydrogens is 290 g/mol. The van der Waals surface area contributed by atoms with Crippen LogP contribution in [0.15, 0.2) is 41.1 Å². The maximum absolute atomic E-state index is 12.6. The van der Waals surface area contributed by atoms with E-state index >= 15 is 0 Å². The second kappa shape index (κ2) is 6.86. The van der Waals surface area contributed by atoms with Crippen molar-refractivity contribution in [2.45, 2.75) is 39.3 Å². The van der Waals surface area contributed by atoms with Gasteiger partial charge in [-0.3, -0.25) is 4.98 Å². The van der Waals surface area contributed by atoms with Crippen LogP contribution in [0.5, 0.6) is 0 Å². The van der Waals surface area contributed by atoms with Crippen LogP contribution in [-0.4, -0.2) is 22.5 Å². The molecule has 1 fully saturated rings. The summed E-state index contributed by atoms with van der Waals surface area (Å²) in [5.41, 5.74) is 0.997. The van der Waals surface area contributed by atoms with Gasteiger partial charge in [0.25, 0.3) is 0 Å². The van der Waals surface area contributed by atoms with Crippen LogP contribution in [0.2, 0.25) is 0 Å². The van der Waals surface area contributed by atoms with Crippen molar-refractivity contribution in [3.8, 4) is 0 Å². The second-order valence-corrected chi connectivity index (χ2v) is 6.31. The number of furan rings is 1. The van der Waals surface area contributed by atoms with Crippen molar-refractivity contribution < 1.29 is 9.21 Å². The molecule has 1 saturated heterocycles. The first-order valence-electron chi connectivity index (χ1n) is 8.13. The zero-order chi connectivity index (χ0) is 16.2. The van der Waals surface area contributed by atoms with E-state index in [1.54, 1.807) is 12.4 Å². The summed E-state index contributed by atoms with van der Waals surface area (Å²) in [5, 5.41) is 3.00. The molecule has 3 heterocycles. The lowest BCUT2D eigenvalue weighted by atomic mass is 9.91. The molecule has 0 aliphatic carbocycles. The van der Waals surface area contributed by atoms with E-state index in [0.717, 1.165) is 36.5 Å². The molecule has 0 saturated carbocycles. The fourth-order valence-corrected chi connectivity index (χ4v) is 3.07. The number of carbonyl (C=O) groups excluding carboxylic acids is 1. The van der Waals surface area contributed by atoms with E-state index in [2.05, 4.69) is 17.2 Å². The van der Waals surface area contributed by atoms with Gasteiger partial charge in [-0.15, -0.1) is 0 Å². The number of likely N-dealkylation sites (tertiary alicyclic amines) is 1. The Morgan fingerprint density at radius 1 is 1.43 bits per heavy atom. The highest BCUT2D eigenvalue weighted by Gasteiger charge is 2.32. The van der Waals surface area contributed by atoms with Gasteiger partial charge in [0.15, 0.2) is 0 Å². The minimum atomic E-state index is -0.0418. The van der Waals surface area contributed by atoms with Crippen molar-refractivity contribution >= 4 is 6.03 Å². The Morgan fingerprint density at radius 2 is 2.30 bits per heavy atom. The third-order valence-electron chi connectivity index (χ3n) is 4.38. The van der Waals surface area contributed by atoms with E-state index in [1.165, 1.54) is 0 Å². The van der Waals surface area contributed by atoms with Crippen LogP contribution >= 0.6 is 0 Å². The Morgan fingerprint density at radius 3 is 3.00 bits per heavy atom. The number of urea groups is 1. The molecule has 0 unspecified atom stereocenters. The van der Waals surface area contributed by atoms with Crippen LogP contribution in [0.3, 0.4) is 0 Å². The van der Waals surface area contributed by atoms with E-state index in [1.807, 2.05) is 36.1 Å². The van der Waals surface area contributed by atoms with E-state index in [9.17, 15) is 4.79 Å². The van der Waals surface area contributed by atoms with Crippen LogP contribution in [0.1, 0.15) is 42.9 Å². The fourth-order valence-electron chi connectivity index (χ4n) is 3.07. The van der Waals surface area contributed by atoms with Crippen molar-refractivity contribution in [1.29, 1.82) is 0 Å². The molecule has 0 radical (unpaired) electrons. The number of amides is 2. The smallest absolute Gasteiger partial charge is 0.318 e. The number of piperidine rings is 1. The van der Waals surface area contributed by atoms with Crippen molar-refractivity contribution in [2.75, 3.05) is 6.54 Å². The van der Waals surface area contributed by atoms with Gasteiger partial charge in [0, 0.05) is 25.5 Å². The summed E-state index contributed by atoms with van der Waals surface area (Å²) in [6.45, 7) is 5.41. The van der Waals surface area contributed by atoms with Crippen molar-refractivity contribution in [3.05, 3.63) is 53.7 Å². The van der Waals surface area contributed by atoms with Gasteiger partial charge >= 0.3 is 6.03 Å². The Labute approximate surface area is 136 Å². The van der Waals surface area contributed by atoms with Crippen LogP contribution in [-0.2, 0) is 6.54 Å². The number of pyridine rings is 1. The largest absolute Gasteiger partial charge is 0.464 e. The van der Waals surface area contributed by atoms with E-state index in [4.69, 9.17) is 4.42 Å². The van der Waals surface area contributed by atoms with Crippen molar-refractivity contribution in [2.24, 2.45) is 5.92 Å². The summed E-state index contributed by atoms with van der Waals surface area (Å²) in [6.07, 6.45) is 5.46. The molecule has 0 aromatic carbocycles. The molecule has 5 heteroatoms. The van der Waals surface area contributed by atoms with Gasteiger partial charge in [-0.1, -0.05) is 13.0 Å². The first-order valence-corrected chi connectivity index (χ1v) is 8.13. The SMILES string of the molecule is Cc1ccc([C@@H]2C[C@H](C)CCN2C(=O)NCc2cccnc2)o1. The number of hydrogen-bond donors (Lipinski definition) is 1. The van der Waals surface area contributed by atoms with Crippen molar-refractivity contribution in [1.82, 2.24) is 15.2 Å². The highest BCUT2D eigenvalue weighted by Crippen LogP contribution is 2.34. The highest BCUT2D eigenvalue weighted by atomic mass is 16.3. The molecule has 2 atom stereocenters. The molecule has 0 bridgehead atoms. The summed E-state index contributed by atoms with van der Waals surface area (Å²) in [6, 6.07) is 7.75. The zero-order valence-corrected chi connectivity index (χ0v) is 13.7. The number of nitrogens with zero attached hydrogens (tertiary/aromatic N) is 2. The molecule has 2 amide bonds. The first kappa shape index (κ1) is 15.6. The van der Waals surface area contributed by atoms with Gasteiger partial charge in [0.2, 0.25) is 0 Å². The second-order valence-electron chi connectivity index (χ2n) is 6.31. The monoisotopic (exact) mass is 313 g/mol. The Kier molecular flexibility index (Phi) is 4.65. The summed E-state index contributed by atoms with van der Waals surface area (Å²) < 4.78 is 5.78. The molecule has 122 valence electrons. The van der Waals surface area contributed by atoms with Gasteiger partial charge in [0.05, 0.1) is 6.04 Å². The zero-order valence-electron chi connectivity index (χ0n) is 13.7. The normalized spacial score (nSPS) is 21.2. The summed E-state index contributed by atoms with van der Waals surface area (Å²) in [5.74, 6) is 2.35. The molecule has 5 nitrogen and oxygen atoms in total. The topological polar surface area (TPSA) is 58.4 Å². The number of rotatable bonds is 3. The van der Waals surface area contributed by atoms with Gasteiger partial charge in [-0.25, -0.2) is 4.79 Å². The highest BCUT2D eigenvalue weighted by molar-refractivity contribution is 5.74. The summed E-state index contributed by atoms with van der Waals surface area (Å²) in [4.78, 5) is 18.6. The molecule has 1 aliphatic rings. The molecule has 23 heavy (non-hydrogen) atoms. The lowest BCUT2D eigenvalue weighted by Crippen LogP contribution is -2.45. The maximum atomic E-state index is 12.6. The maximum Gasteiger partial charge on any atom is 0.318 e. The van der Waals surface area contributed by atoms with E-state index in [-0.39, 0.29) is 12.1 Å². The lowest BCUT2D eigenvalue weighted by molar-refractivity contribution is 0.119. The molecule has 1 aliphatic heterocycles. The summed E-state index contributed by atoms with van der Waals surface area (Å²) >= 11 is 0. The van der Waals surface area contributed by atoms with Crippen molar-refractivity contribution in [3.63, 3.8) is 0 Å². The number of hydrogen-bond acceptors (Lipinski definition) is 3. The minimum Gasteiger partial charge on any atom is -0.464 e. The fraction of sp³-hybridized carbons (Fsp3) is 0.444. The molecule has 0 spiro atoms. The van der Waals surface area contributed by atoms with Gasteiger partial charge in [-0.05, 0) is 49.4 Å². The predicted molar refractivity (Wildman–Crippen MR) is 87.8 cm³/mol. The standard InChI is InChI=1S/C18H23N3O2/c1-13-7-9-21(16(10-13)17-6-5-14(2)23-17)18(22)20-12-15-4-3-8-19-11-15/h3-6,8,11,13,16H,7,9-10,12H2,1-2H3,(H,20,22)/t13-,16+/m1/s1. The average molecular weight is 313 g/mol. The van der Waals surface area contributed by atoms with Gasteiger partial charge in [-0.2, -0.15) is 0 Å².